The summed E-state index contributed by atoms with van der Waals surface area (Å²) in [4.78, 5) is 2.95. The highest BCUT2D eigenvalue weighted by atomic mass is 32.1. The average Bonchev–Trinajstić information content (AvgIpc) is 2.93. The molecule has 3 rings (SSSR count). The van der Waals surface area contributed by atoms with Crippen LogP contribution < -0.4 is 5.32 Å². The van der Waals surface area contributed by atoms with Crippen molar-refractivity contribution in [2.45, 2.75) is 57.7 Å². The maximum absolute atomic E-state index is 5.89. The number of hydrogen-bond acceptors (Lipinski definition) is 3. The molecule has 3 unspecified atom stereocenters. The van der Waals surface area contributed by atoms with E-state index in [2.05, 4.69) is 31.3 Å². The first kappa shape index (κ1) is 12.6. The fraction of sp³-hybridized carbons (Fsp3) is 0.733. The molecule has 1 saturated carbocycles. The van der Waals surface area contributed by atoms with Crippen LogP contribution in [0.4, 0.5) is 0 Å². The molecule has 0 aromatic carbocycles. The summed E-state index contributed by atoms with van der Waals surface area (Å²) in [5.74, 6) is 0.840. The van der Waals surface area contributed by atoms with Crippen molar-refractivity contribution in [3.63, 3.8) is 0 Å². The summed E-state index contributed by atoms with van der Waals surface area (Å²) in [5, 5.41) is 3.79. The molecule has 18 heavy (non-hydrogen) atoms. The van der Waals surface area contributed by atoms with Gasteiger partial charge in [-0.15, -0.1) is 11.3 Å². The first-order chi connectivity index (χ1) is 8.78. The van der Waals surface area contributed by atoms with Gasteiger partial charge < -0.3 is 10.1 Å². The van der Waals surface area contributed by atoms with Crippen molar-refractivity contribution in [3.8, 4) is 0 Å². The van der Waals surface area contributed by atoms with E-state index in [4.69, 9.17) is 4.74 Å². The molecule has 0 bridgehead atoms. The molecule has 2 aliphatic rings. The van der Waals surface area contributed by atoms with Gasteiger partial charge in [0.2, 0.25) is 0 Å². The van der Waals surface area contributed by atoms with Crippen LogP contribution in [-0.2, 0) is 11.2 Å². The molecule has 3 heteroatoms. The van der Waals surface area contributed by atoms with Gasteiger partial charge in [0, 0.05) is 28.4 Å². The van der Waals surface area contributed by atoms with Crippen LogP contribution in [0, 0.1) is 5.92 Å². The molecule has 1 aliphatic heterocycles. The second kappa shape index (κ2) is 5.32. The van der Waals surface area contributed by atoms with Gasteiger partial charge >= 0.3 is 0 Å². The maximum atomic E-state index is 5.89. The van der Waals surface area contributed by atoms with E-state index in [1.807, 2.05) is 11.3 Å². The van der Waals surface area contributed by atoms with Crippen molar-refractivity contribution in [1.29, 1.82) is 0 Å². The highest BCUT2D eigenvalue weighted by Crippen LogP contribution is 2.39. The van der Waals surface area contributed by atoms with E-state index in [9.17, 15) is 0 Å². The Kier molecular flexibility index (Phi) is 3.73. The van der Waals surface area contributed by atoms with Gasteiger partial charge in [0.25, 0.3) is 0 Å². The van der Waals surface area contributed by atoms with E-state index < -0.39 is 0 Å². The van der Waals surface area contributed by atoms with E-state index in [0.717, 1.165) is 18.9 Å². The van der Waals surface area contributed by atoms with E-state index in [0.29, 0.717) is 18.2 Å². The normalized spacial score (nSPS) is 29.7. The zero-order chi connectivity index (χ0) is 12.5. The molecule has 3 atom stereocenters. The van der Waals surface area contributed by atoms with E-state index in [1.165, 1.54) is 29.0 Å². The Balaban J connectivity index is 1.60. The molecule has 2 heterocycles. The summed E-state index contributed by atoms with van der Waals surface area (Å²) in [5.41, 5.74) is 0. The minimum Gasteiger partial charge on any atom is -0.376 e. The molecule has 100 valence electrons. The van der Waals surface area contributed by atoms with Gasteiger partial charge in [0.15, 0.2) is 0 Å². The van der Waals surface area contributed by atoms with Gasteiger partial charge in [-0.3, -0.25) is 0 Å². The highest BCUT2D eigenvalue weighted by Gasteiger charge is 2.40. The third-order valence-corrected chi connectivity index (χ3v) is 5.56. The number of thiophene rings is 1. The van der Waals surface area contributed by atoms with Crippen LogP contribution in [0.2, 0.25) is 0 Å². The van der Waals surface area contributed by atoms with Crippen LogP contribution in [0.25, 0.3) is 0 Å². The first-order valence-electron chi connectivity index (χ1n) is 7.24. The lowest BCUT2D eigenvalue weighted by atomic mass is 10.1. The zero-order valence-electron chi connectivity index (χ0n) is 11.3. The molecule has 1 aliphatic carbocycles. The third kappa shape index (κ3) is 2.63. The molecule has 1 aromatic rings. The van der Waals surface area contributed by atoms with Gasteiger partial charge in [-0.25, -0.2) is 0 Å². The van der Waals surface area contributed by atoms with Crippen LogP contribution >= 0.6 is 11.3 Å². The number of ether oxygens (including phenoxy) is 1. The molecular weight excluding hydrogens is 242 g/mol. The minimum atomic E-state index is 0.461. The van der Waals surface area contributed by atoms with Crippen molar-refractivity contribution in [2.75, 3.05) is 6.61 Å². The Hall–Kier alpha value is -0.380. The van der Waals surface area contributed by atoms with Crippen LogP contribution in [0.5, 0.6) is 0 Å². The molecule has 1 aromatic heterocycles. The molecule has 1 N–H and O–H groups in total. The van der Waals surface area contributed by atoms with Gasteiger partial charge in [-0.05, 0) is 50.7 Å². The van der Waals surface area contributed by atoms with E-state index in [-0.39, 0.29) is 0 Å². The molecule has 2 nitrogen and oxygen atoms in total. The molecule has 0 amide bonds. The van der Waals surface area contributed by atoms with Crippen molar-refractivity contribution in [3.05, 3.63) is 21.9 Å². The lowest BCUT2D eigenvalue weighted by Crippen LogP contribution is -2.38. The second-order valence-electron chi connectivity index (χ2n) is 5.61. The summed E-state index contributed by atoms with van der Waals surface area (Å²) in [7, 11) is 0. The molecule has 0 radical (unpaired) electrons. The Morgan fingerprint density at radius 1 is 1.39 bits per heavy atom. The smallest absolute Gasteiger partial charge is 0.0757 e. The lowest BCUT2D eigenvalue weighted by molar-refractivity contribution is 0.0793. The summed E-state index contributed by atoms with van der Waals surface area (Å²) in [6.45, 7) is 5.45. The average molecular weight is 265 g/mol. The highest BCUT2D eigenvalue weighted by molar-refractivity contribution is 7.12. The van der Waals surface area contributed by atoms with Gasteiger partial charge in [-0.1, -0.05) is 6.92 Å². The predicted octanol–water partition coefficient (Wildman–Crippen LogP) is 3.53. The number of nitrogens with one attached hydrogen (secondary N) is 1. The summed E-state index contributed by atoms with van der Waals surface area (Å²) in [6.07, 6.45) is 5.55. The van der Waals surface area contributed by atoms with E-state index in [1.54, 1.807) is 0 Å². The SMILES string of the molecule is CCc1ccc(C(C)NC2CCOC2C2CC2)s1. The molecule has 2 fully saturated rings. The Morgan fingerprint density at radius 2 is 2.22 bits per heavy atom. The fourth-order valence-electron chi connectivity index (χ4n) is 2.90. The lowest BCUT2D eigenvalue weighted by Gasteiger charge is -2.23. The van der Waals surface area contributed by atoms with Crippen LogP contribution in [0.3, 0.4) is 0 Å². The first-order valence-corrected chi connectivity index (χ1v) is 8.06. The van der Waals surface area contributed by atoms with Gasteiger partial charge in [-0.2, -0.15) is 0 Å². The Morgan fingerprint density at radius 3 is 2.89 bits per heavy atom. The molecule has 1 saturated heterocycles. The van der Waals surface area contributed by atoms with E-state index >= 15 is 0 Å². The summed E-state index contributed by atoms with van der Waals surface area (Å²) >= 11 is 1.95. The van der Waals surface area contributed by atoms with Gasteiger partial charge in [0.1, 0.15) is 0 Å². The minimum absolute atomic E-state index is 0.461. The maximum Gasteiger partial charge on any atom is 0.0757 e. The Labute approximate surface area is 114 Å². The monoisotopic (exact) mass is 265 g/mol. The van der Waals surface area contributed by atoms with Crippen LogP contribution in [0.1, 0.15) is 48.9 Å². The van der Waals surface area contributed by atoms with Crippen molar-refractivity contribution >= 4 is 11.3 Å². The number of aryl methyl sites for hydroxylation is 1. The van der Waals surface area contributed by atoms with Crippen molar-refractivity contribution in [1.82, 2.24) is 5.32 Å². The summed E-state index contributed by atoms with van der Waals surface area (Å²) in [6, 6.07) is 5.58. The quantitative estimate of drug-likeness (QED) is 0.879. The van der Waals surface area contributed by atoms with Gasteiger partial charge in [0.05, 0.1) is 6.10 Å². The fourth-order valence-corrected chi connectivity index (χ4v) is 3.86. The standard InChI is InChI=1S/C15H23NOS/c1-3-12-6-7-14(18-12)10(2)16-13-8-9-17-15(13)11-4-5-11/h6-7,10-11,13,15-16H,3-5,8-9H2,1-2H3. The molecular formula is C15H23NOS. The summed E-state index contributed by atoms with van der Waals surface area (Å²) < 4.78 is 5.89. The predicted molar refractivity (Wildman–Crippen MR) is 76.1 cm³/mol. The largest absolute Gasteiger partial charge is 0.376 e. The van der Waals surface area contributed by atoms with Crippen LogP contribution in [0.15, 0.2) is 12.1 Å². The number of rotatable bonds is 5. The second-order valence-corrected chi connectivity index (χ2v) is 6.81. The van der Waals surface area contributed by atoms with Crippen molar-refractivity contribution < 1.29 is 4.74 Å². The third-order valence-electron chi connectivity index (χ3n) is 4.14. The number of hydrogen-bond donors (Lipinski definition) is 1. The zero-order valence-corrected chi connectivity index (χ0v) is 12.1. The van der Waals surface area contributed by atoms with Crippen LogP contribution in [-0.4, -0.2) is 18.8 Å². The molecule has 0 spiro atoms. The topological polar surface area (TPSA) is 21.3 Å². The van der Waals surface area contributed by atoms with Crippen molar-refractivity contribution in [2.24, 2.45) is 5.92 Å². The Bertz CT molecular complexity index is 399.